The van der Waals surface area contributed by atoms with Gasteiger partial charge in [-0.15, -0.1) is 0 Å². The second kappa shape index (κ2) is 11.1. The molecule has 9 heteroatoms. The van der Waals surface area contributed by atoms with Crippen LogP contribution in [0.2, 0.25) is 0 Å². The monoisotopic (exact) mass is 468 g/mol. The number of methoxy groups -OCH3 is 1. The number of hydrogen-bond donors (Lipinski definition) is 2. The Hall–Kier alpha value is -3.43. The van der Waals surface area contributed by atoms with Crippen molar-refractivity contribution in [3.63, 3.8) is 0 Å². The third-order valence-corrected chi connectivity index (χ3v) is 6.09. The molecule has 34 heavy (non-hydrogen) atoms. The van der Waals surface area contributed by atoms with Crippen molar-refractivity contribution in [1.82, 2.24) is 9.47 Å². The maximum absolute atomic E-state index is 11.5. The lowest BCUT2D eigenvalue weighted by Crippen LogP contribution is -2.42. The Kier molecular flexibility index (Phi) is 8.25. The maximum Gasteiger partial charge on any atom is 0.352 e. The standard InChI is InChI=1S/C17H14N2O5.C8H18N2/c1-24-14-4-2-3-11(7-14)10-18-15-6-5-13(19(22)23)8-12(15)9-16(18)17(20)21;1-7(2)10-5-3-8(9)4-6-10/h2-9H,10H2,1H3,(H,20,21);7-8H,3-6,9H2,1-2H3. The molecule has 1 aromatic heterocycles. The predicted octanol–water partition coefficient (Wildman–Crippen LogP) is 4.12. The van der Waals surface area contributed by atoms with Crippen molar-refractivity contribution in [3.8, 4) is 5.75 Å². The van der Waals surface area contributed by atoms with Crippen LogP contribution in [0.3, 0.4) is 0 Å². The van der Waals surface area contributed by atoms with Gasteiger partial charge < -0.3 is 25.0 Å². The fraction of sp³-hybridized carbons (Fsp3) is 0.400. The topological polar surface area (TPSA) is 124 Å². The molecule has 1 saturated heterocycles. The number of aromatic nitrogens is 1. The molecular weight excluding hydrogens is 436 g/mol. The predicted molar refractivity (Wildman–Crippen MR) is 132 cm³/mol. The van der Waals surface area contributed by atoms with E-state index in [2.05, 4.69) is 18.7 Å². The zero-order valence-electron chi connectivity index (χ0n) is 19.8. The smallest absolute Gasteiger partial charge is 0.352 e. The van der Waals surface area contributed by atoms with Crippen molar-refractivity contribution in [2.45, 2.75) is 45.3 Å². The number of fused-ring (bicyclic) bond motifs is 1. The average Bonchev–Trinajstić information content (AvgIpc) is 3.18. The maximum atomic E-state index is 11.5. The molecule has 0 radical (unpaired) electrons. The van der Waals surface area contributed by atoms with E-state index in [1.54, 1.807) is 23.8 Å². The van der Waals surface area contributed by atoms with E-state index >= 15 is 0 Å². The number of nitro benzene ring substituents is 1. The molecule has 3 N–H and O–H groups in total. The second-order valence-electron chi connectivity index (χ2n) is 8.74. The lowest BCUT2D eigenvalue weighted by Gasteiger charge is -2.32. The molecule has 0 spiro atoms. The molecule has 0 aliphatic carbocycles. The minimum Gasteiger partial charge on any atom is -0.497 e. The summed E-state index contributed by atoms with van der Waals surface area (Å²) in [6.45, 7) is 7.20. The van der Waals surface area contributed by atoms with E-state index in [0.29, 0.717) is 35.3 Å². The first-order valence-electron chi connectivity index (χ1n) is 11.3. The van der Waals surface area contributed by atoms with Gasteiger partial charge in [0.05, 0.1) is 12.0 Å². The highest BCUT2D eigenvalue weighted by Gasteiger charge is 2.18. The van der Waals surface area contributed by atoms with Crippen LogP contribution < -0.4 is 10.5 Å². The Morgan fingerprint density at radius 1 is 1.21 bits per heavy atom. The zero-order valence-corrected chi connectivity index (χ0v) is 19.8. The SMILES string of the molecule is CC(C)N1CCC(N)CC1.COc1cccc(Cn2c(C(=O)O)cc3cc([N+](=O)[O-])ccc32)c1. The number of carboxylic acids is 1. The number of rotatable bonds is 6. The summed E-state index contributed by atoms with van der Waals surface area (Å²) >= 11 is 0. The number of hydrogen-bond acceptors (Lipinski definition) is 6. The number of likely N-dealkylation sites (tertiary alicyclic amines) is 1. The number of aromatic carboxylic acids is 1. The van der Waals surface area contributed by atoms with Gasteiger partial charge >= 0.3 is 5.97 Å². The summed E-state index contributed by atoms with van der Waals surface area (Å²) in [5.74, 6) is -0.409. The summed E-state index contributed by atoms with van der Waals surface area (Å²) in [4.78, 5) is 24.4. The molecule has 2 heterocycles. The number of nitrogens with two attached hydrogens (primary N) is 1. The molecule has 4 rings (SSSR count). The minimum atomic E-state index is -1.09. The number of carboxylic acid groups (broad SMARTS) is 1. The van der Waals surface area contributed by atoms with Gasteiger partial charge in [0.25, 0.3) is 5.69 Å². The highest BCUT2D eigenvalue weighted by molar-refractivity contribution is 5.95. The number of benzene rings is 2. The van der Waals surface area contributed by atoms with Gasteiger partial charge in [-0.25, -0.2) is 4.79 Å². The van der Waals surface area contributed by atoms with Crippen molar-refractivity contribution >= 4 is 22.6 Å². The molecule has 2 aromatic carbocycles. The van der Waals surface area contributed by atoms with Gasteiger partial charge in [-0.2, -0.15) is 0 Å². The summed E-state index contributed by atoms with van der Waals surface area (Å²) < 4.78 is 6.80. The van der Waals surface area contributed by atoms with Gasteiger partial charge in [0.2, 0.25) is 0 Å². The molecule has 1 aliphatic rings. The largest absolute Gasteiger partial charge is 0.497 e. The Morgan fingerprint density at radius 3 is 2.50 bits per heavy atom. The summed E-state index contributed by atoms with van der Waals surface area (Å²) in [5.41, 5.74) is 7.27. The van der Waals surface area contributed by atoms with Crippen LogP contribution in [0.5, 0.6) is 5.75 Å². The minimum absolute atomic E-state index is 0.0713. The fourth-order valence-corrected chi connectivity index (χ4v) is 4.11. The van der Waals surface area contributed by atoms with E-state index in [9.17, 15) is 20.0 Å². The molecule has 3 aromatic rings. The molecule has 0 saturated carbocycles. The lowest BCUT2D eigenvalue weighted by molar-refractivity contribution is -0.384. The number of nitro groups is 1. The van der Waals surface area contributed by atoms with Crippen LogP contribution in [0, 0.1) is 10.1 Å². The first-order chi connectivity index (χ1) is 16.2. The molecule has 1 aliphatic heterocycles. The van der Waals surface area contributed by atoms with Crippen LogP contribution in [0.15, 0.2) is 48.5 Å². The molecule has 0 bridgehead atoms. The third kappa shape index (κ3) is 6.12. The highest BCUT2D eigenvalue weighted by Crippen LogP contribution is 2.26. The number of non-ortho nitro benzene ring substituents is 1. The number of nitrogens with zero attached hydrogens (tertiary/aromatic N) is 3. The van der Waals surface area contributed by atoms with E-state index in [0.717, 1.165) is 5.56 Å². The van der Waals surface area contributed by atoms with Gasteiger partial charge in [0.1, 0.15) is 11.4 Å². The number of piperidine rings is 1. The van der Waals surface area contributed by atoms with E-state index < -0.39 is 10.9 Å². The Labute approximate surface area is 198 Å². The van der Waals surface area contributed by atoms with Crippen LogP contribution in [0.25, 0.3) is 10.9 Å². The molecule has 1 fully saturated rings. The van der Waals surface area contributed by atoms with E-state index in [1.807, 2.05) is 18.2 Å². The molecule has 0 atom stereocenters. The van der Waals surface area contributed by atoms with Crippen molar-refractivity contribution in [2.24, 2.45) is 5.73 Å². The highest BCUT2D eigenvalue weighted by atomic mass is 16.6. The average molecular weight is 469 g/mol. The van der Waals surface area contributed by atoms with Crippen LogP contribution in [-0.4, -0.2) is 57.7 Å². The van der Waals surface area contributed by atoms with Gasteiger partial charge in [-0.3, -0.25) is 10.1 Å². The number of carbonyl (C=O) groups is 1. The van der Waals surface area contributed by atoms with E-state index in [4.69, 9.17) is 10.5 Å². The van der Waals surface area contributed by atoms with Crippen LogP contribution in [0.1, 0.15) is 42.7 Å². The van der Waals surface area contributed by atoms with Crippen molar-refractivity contribution in [3.05, 3.63) is 69.9 Å². The normalized spacial score (nSPS) is 14.6. The second-order valence-corrected chi connectivity index (χ2v) is 8.74. The van der Waals surface area contributed by atoms with Gasteiger partial charge in [-0.05, 0) is 69.6 Å². The zero-order chi connectivity index (χ0) is 24.8. The van der Waals surface area contributed by atoms with E-state index in [-0.39, 0.29) is 11.4 Å². The van der Waals surface area contributed by atoms with Gasteiger partial charge in [0, 0.05) is 41.7 Å². The molecule has 182 valence electrons. The summed E-state index contributed by atoms with van der Waals surface area (Å²) in [6, 6.07) is 14.3. The molecular formula is C25H32N4O5. The Bertz CT molecular complexity index is 1150. The first-order valence-corrected chi connectivity index (χ1v) is 11.3. The lowest BCUT2D eigenvalue weighted by atomic mass is 10.1. The van der Waals surface area contributed by atoms with Crippen molar-refractivity contribution in [1.29, 1.82) is 0 Å². The van der Waals surface area contributed by atoms with Crippen molar-refractivity contribution < 1.29 is 19.6 Å². The van der Waals surface area contributed by atoms with Crippen LogP contribution in [-0.2, 0) is 6.54 Å². The molecule has 0 amide bonds. The Balaban J connectivity index is 0.000000271. The summed E-state index contributed by atoms with van der Waals surface area (Å²) in [6.07, 6.45) is 2.36. The first kappa shape index (κ1) is 25.2. The quantitative estimate of drug-likeness (QED) is 0.412. The molecule has 0 unspecified atom stereocenters. The Morgan fingerprint density at radius 2 is 1.91 bits per heavy atom. The number of ether oxygens (including phenoxy) is 1. The fourth-order valence-electron chi connectivity index (χ4n) is 4.11. The van der Waals surface area contributed by atoms with Crippen LogP contribution >= 0.6 is 0 Å². The summed E-state index contributed by atoms with van der Waals surface area (Å²) in [5, 5.41) is 20.9. The van der Waals surface area contributed by atoms with E-state index in [1.165, 1.54) is 44.1 Å². The van der Waals surface area contributed by atoms with Gasteiger partial charge in [-0.1, -0.05) is 12.1 Å². The third-order valence-electron chi connectivity index (χ3n) is 6.09. The molecule has 9 nitrogen and oxygen atoms in total. The van der Waals surface area contributed by atoms with Gasteiger partial charge in [0.15, 0.2) is 0 Å². The van der Waals surface area contributed by atoms with Crippen molar-refractivity contribution in [2.75, 3.05) is 20.2 Å². The van der Waals surface area contributed by atoms with Crippen LogP contribution in [0.4, 0.5) is 5.69 Å². The summed E-state index contributed by atoms with van der Waals surface area (Å²) in [7, 11) is 1.56.